The molecule has 0 saturated heterocycles. The molecule has 2 amide bonds. The van der Waals surface area contributed by atoms with Gasteiger partial charge < -0.3 is 10.2 Å². The van der Waals surface area contributed by atoms with Gasteiger partial charge in [0, 0.05) is 31.1 Å². The topological polar surface area (TPSA) is 75.2 Å². The van der Waals surface area contributed by atoms with Crippen LogP contribution in [0.25, 0.3) is 0 Å². The van der Waals surface area contributed by atoms with E-state index in [1.807, 2.05) is 6.92 Å². The van der Waals surface area contributed by atoms with Crippen LogP contribution >= 0.6 is 0 Å². The molecule has 0 fully saturated rings. The summed E-state index contributed by atoms with van der Waals surface area (Å²) in [7, 11) is 0. The maximum Gasteiger partial charge on any atom is 0.245 e. The van der Waals surface area contributed by atoms with E-state index in [1.54, 1.807) is 24.9 Å². The van der Waals surface area contributed by atoms with Crippen LogP contribution in [-0.2, 0) is 29.1 Å². The number of nitrogens with one attached hydrogen (secondary N) is 1. The Balaban J connectivity index is 2.03. The highest BCUT2D eigenvalue weighted by Gasteiger charge is 2.28. The quantitative estimate of drug-likeness (QED) is 0.882. The van der Waals surface area contributed by atoms with Gasteiger partial charge in [0.25, 0.3) is 0 Å². The van der Waals surface area contributed by atoms with Crippen molar-refractivity contribution in [1.29, 1.82) is 0 Å². The maximum absolute atomic E-state index is 12.3. The summed E-state index contributed by atoms with van der Waals surface area (Å²) in [5.41, 5.74) is 1.91. The fraction of sp³-hybridized carbons (Fsp3) is 0.571. The van der Waals surface area contributed by atoms with Crippen LogP contribution in [0.5, 0.6) is 0 Å². The van der Waals surface area contributed by atoms with Crippen molar-refractivity contribution in [2.75, 3.05) is 0 Å². The van der Waals surface area contributed by atoms with E-state index in [9.17, 15) is 9.59 Å². The van der Waals surface area contributed by atoms with Crippen molar-refractivity contribution >= 4 is 11.8 Å². The van der Waals surface area contributed by atoms with Gasteiger partial charge in [0.05, 0.1) is 12.2 Å². The number of carbonyl (C=O) groups is 2. The Morgan fingerprint density at radius 2 is 2.15 bits per heavy atom. The minimum Gasteiger partial charge on any atom is -0.345 e. The molecule has 0 spiro atoms. The first-order valence-corrected chi connectivity index (χ1v) is 6.97. The van der Waals surface area contributed by atoms with E-state index < -0.39 is 6.04 Å². The number of carbonyl (C=O) groups excluding carboxylic acids is 2. The molecule has 1 atom stereocenters. The van der Waals surface area contributed by atoms with Gasteiger partial charge >= 0.3 is 0 Å². The Bertz CT molecular complexity index is 530. The fourth-order valence-corrected chi connectivity index (χ4v) is 2.20. The van der Waals surface area contributed by atoms with Crippen molar-refractivity contribution in [3.63, 3.8) is 0 Å². The highest BCUT2D eigenvalue weighted by Crippen LogP contribution is 2.21. The molecule has 1 N–H and O–H groups in total. The van der Waals surface area contributed by atoms with Crippen LogP contribution in [0.4, 0.5) is 0 Å². The Morgan fingerprint density at radius 3 is 2.80 bits per heavy atom. The number of fused-ring (bicyclic) bond motifs is 1. The standard InChI is InChI=1S/C14H20N4O2/c1-4-12-15-6-10-7-18(8-11(10)17-12)14(20)9(3)16-13(19)5-2/h6,9H,4-5,7-8H2,1-3H3,(H,16,19)/t9-/m0/s1. The number of hydrogen-bond acceptors (Lipinski definition) is 4. The van der Waals surface area contributed by atoms with Crippen molar-refractivity contribution in [3.05, 3.63) is 23.3 Å². The molecular weight excluding hydrogens is 256 g/mol. The molecule has 0 aliphatic carbocycles. The molecule has 0 aromatic carbocycles. The lowest BCUT2D eigenvalue weighted by molar-refractivity contribution is -0.136. The van der Waals surface area contributed by atoms with Crippen LogP contribution in [0.3, 0.4) is 0 Å². The molecule has 0 saturated carbocycles. The summed E-state index contributed by atoms with van der Waals surface area (Å²) in [6.45, 7) is 6.49. The van der Waals surface area contributed by atoms with E-state index in [0.717, 1.165) is 23.5 Å². The average molecular weight is 276 g/mol. The fourth-order valence-electron chi connectivity index (χ4n) is 2.20. The number of amides is 2. The molecule has 2 heterocycles. The Morgan fingerprint density at radius 1 is 1.40 bits per heavy atom. The van der Waals surface area contributed by atoms with E-state index in [-0.39, 0.29) is 11.8 Å². The number of aromatic nitrogens is 2. The number of aryl methyl sites for hydroxylation is 1. The van der Waals surface area contributed by atoms with Gasteiger partial charge in [-0.25, -0.2) is 9.97 Å². The number of nitrogens with zero attached hydrogens (tertiary/aromatic N) is 3. The van der Waals surface area contributed by atoms with Crippen molar-refractivity contribution in [2.45, 2.75) is 52.7 Å². The van der Waals surface area contributed by atoms with Gasteiger partial charge in [0.15, 0.2) is 0 Å². The van der Waals surface area contributed by atoms with Crippen molar-refractivity contribution in [3.8, 4) is 0 Å². The summed E-state index contributed by atoms with van der Waals surface area (Å²) in [4.78, 5) is 34.0. The van der Waals surface area contributed by atoms with Crippen molar-refractivity contribution in [1.82, 2.24) is 20.2 Å². The first kappa shape index (κ1) is 14.4. The van der Waals surface area contributed by atoms with Gasteiger partial charge in [-0.3, -0.25) is 9.59 Å². The molecule has 6 heteroatoms. The van der Waals surface area contributed by atoms with E-state index in [2.05, 4.69) is 15.3 Å². The molecule has 1 aliphatic rings. The van der Waals surface area contributed by atoms with Gasteiger partial charge in [-0.1, -0.05) is 13.8 Å². The third kappa shape index (κ3) is 2.95. The van der Waals surface area contributed by atoms with Gasteiger partial charge in [0.1, 0.15) is 11.9 Å². The SMILES string of the molecule is CCC(=O)N[C@@H](C)C(=O)N1Cc2cnc(CC)nc2C1. The van der Waals surface area contributed by atoms with Crippen LogP contribution in [0.1, 0.15) is 44.3 Å². The maximum atomic E-state index is 12.3. The predicted octanol–water partition coefficient (Wildman–Crippen LogP) is 0.796. The Kier molecular flexibility index (Phi) is 4.32. The van der Waals surface area contributed by atoms with E-state index in [1.165, 1.54) is 0 Å². The zero-order valence-electron chi connectivity index (χ0n) is 12.1. The van der Waals surface area contributed by atoms with Crippen LogP contribution in [-0.4, -0.2) is 32.7 Å². The summed E-state index contributed by atoms with van der Waals surface area (Å²) in [6, 6.07) is -0.504. The Labute approximate surface area is 118 Å². The summed E-state index contributed by atoms with van der Waals surface area (Å²) in [5, 5.41) is 2.69. The average Bonchev–Trinajstić information content (AvgIpc) is 2.88. The molecule has 20 heavy (non-hydrogen) atoms. The molecule has 108 valence electrons. The van der Waals surface area contributed by atoms with Crippen LogP contribution in [0.15, 0.2) is 6.20 Å². The lowest BCUT2D eigenvalue weighted by atomic mass is 10.2. The summed E-state index contributed by atoms with van der Waals surface area (Å²) < 4.78 is 0. The third-order valence-corrected chi connectivity index (χ3v) is 3.40. The van der Waals surface area contributed by atoms with Gasteiger partial charge in [-0.05, 0) is 6.92 Å². The van der Waals surface area contributed by atoms with Crippen molar-refractivity contribution < 1.29 is 9.59 Å². The first-order chi connectivity index (χ1) is 9.55. The van der Waals surface area contributed by atoms with Gasteiger partial charge in [0.2, 0.25) is 11.8 Å². The molecular formula is C14H20N4O2. The number of hydrogen-bond donors (Lipinski definition) is 1. The Hall–Kier alpha value is -1.98. The molecule has 0 bridgehead atoms. The number of rotatable bonds is 4. The zero-order valence-corrected chi connectivity index (χ0v) is 12.1. The van der Waals surface area contributed by atoms with E-state index in [0.29, 0.717) is 19.5 Å². The summed E-state index contributed by atoms with van der Waals surface area (Å²) in [5.74, 6) is 0.601. The second-order valence-electron chi connectivity index (χ2n) is 4.95. The van der Waals surface area contributed by atoms with Crippen molar-refractivity contribution in [2.24, 2.45) is 0 Å². The minimum atomic E-state index is -0.504. The predicted molar refractivity (Wildman–Crippen MR) is 73.6 cm³/mol. The second-order valence-corrected chi connectivity index (χ2v) is 4.95. The van der Waals surface area contributed by atoms with Crippen LogP contribution < -0.4 is 5.32 Å². The van der Waals surface area contributed by atoms with Crippen LogP contribution in [0, 0.1) is 0 Å². The van der Waals surface area contributed by atoms with Crippen LogP contribution in [0.2, 0.25) is 0 Å². The normalized spacial score (nSPS) is 14.8. The molecule has 1 aromatic heterocycles. The smallest absolute Gasteiger partial charge is 0.245 e. The lowest BCUT2D eigenvalue weighted by Crippen LogP contribution is -2.44. The van der Waals surface area contributed by atoms with Gasteiger partial charge in [-0.2, -0.15) is 0 Å². The third-order valence-electron chi connectivity index (χ3n) is 3.40. The largest absolute Gasteiger partial charge is 0.345 e. The highest BCUT2D eigenvalue weighted by atomic mass is 16.2. The van der Waals surface area contributed by atoms with E-state index >= 15 is 0 Å². The molecule has 1 aromatic rings. The molecule has 2 rings (SSSR count). The second kappa shape index (κ2) is 5.98. The zero-order chi connectivity index (χ0) is 14.7. The molecule has 0 unspecified atom stereocenters. The van der Waals surface area contributed by atoms with E-state index in [4.69, 9.17) is 0 Å². The summed E-state index contributed by atoms with van der Waals surface area (Å²) >= 11 is 0. The summed E-state index contributed by atoms with van der Waals surface area (Å²) in [6.07, 6.45) is 2.96. The molecule has 1 aliphatic heterocycles. The molecule has 6 nitrogen and oxygen atoms in total. The highest BCUT2D eigenvalue weighted by molar-refractivity contribution is 5.87. The lowest BCUT2D eigenvalue weighted by Gasteiger charge is -2.20. The monoisotopic (exact) mass is 276 g/mol. The molecule has 0 radical (unpaired) electrons. The first-order valence-electron chi connectivity index (χ1n) is 6.97. The minimum absolute atomic E-state index is 0.0807. The van der Waals surface area contributed by atoms with Gasteiger partial charge in [-0.15, -0.1) is 0 Å².